The zero-order valence-corrected chi connectivity index (χ0v) is 15.8. The third-order valence-corrected chi connectivity index (χ3v) is 5.60. The molecule has 1 N–H and O–H groups in total. The summed E-state index contributed by atoms with van der Waals surface area (Å²) in [4.78, 5) is 12.2. The Morgan fingerprint density at radius 3 is 2.72 bits per heavy atom. The minimum atomic E-state index is -0.123. The predicted molar refractivity (Wildman–Crippen MR) is 105 cm³/mol. The molecule has 3 aromatic rings. The Balaban J connectivity index is 1.64. The van der Waals surface area contributed by atoms with E-state index in [2.05, 4.69) is 10.4 Å². The number of thioether (sulfide) groups is 1. The molecule has 0 unspecified atom stereocenters. The van der Waals surface area contributed by atoms with Crippen molar-refractivity contribution in [2.75, 3.05) is 18.2 Å². The van der Waals surface area contributed by atoms with Gasteiger partial charge in [0.05, 0.1) is 24.2 Å². The van der Waals surface area contributed by atoms with Gasteiger partial charge in [0.1, 0.15) is 5.75 Å². The van der Waals surface area contributed by atoms with Crippen LogP contribution < -0.4 is 10.1 Å². The lowest BCUT2D eigenvalue weighted by atomic mass is 10.3. The van der Waals surface area contributed by atoms with Gasteiger partial charge in [-0.05, 0) is 36.5 Å². The summed E-state index contributed by atoms with van der Waals surface area (Å²) in [7, 11) is 1.57. The molecule has 0 spiro atoms. The zero-order chi connectivity index (χ0) is 17.6. The van der Waals surface area contributed by atoms with Crippen LogP contribution in [-0.4, -0.2) is 28.6 Å². The first-order valence-electron chi connectivity index (χ1n) is 7.38. The maximum Gasteiger partial charge on any atom is 0.234 e. The summed E-state index contributed by atoms with van der Waals surface area (Å²) < 4.78 is 8.34. The van der Waals surface area contributed by atoms with E-state index in [0.29, 0.717) is 15.4 Å². The highest BCUT2D eigenvalue weighted by Gasteiger charge is 2.11. The summed E-state index contributed by atoms with van der Waals surface area (Å²) in [6.45, 7) is 0. The molecule has 0 saturated heterocycles. The number of hydrogen-bond donors (Lipinski definition) is 1. The van der Waals surface area contributed by atoms with E-state index in [4.69, 9.17) is 17.0 Å². The van der Waals surface area contributed by atoms with Crippen LogP contribution in [0, 0.1) is 3.95 Å². The second-order valence-electron chi connectivity index (χ2n) is 4.92. The molecule has 5 nitrogen and oxygen atoms in total. The Hall–Kier alpha value is -2.16. The molecule has 0 fully saturated rings. The molecule has 1 heterocycles. The molecular weight excluding hydrogens is 374 g/mol. The van der Waals surface area contributed by atoms with E-state index in [1.165, 1.54) is 23.1 Å². The molecule has 25 heavy (non-hydrogen) atoms. The van der Waals surface area contributed by atoms with E-state index in [0.717, 1.165) is 10.0 Å². The smallest absolute Gasteiger partial charge is 0.234 e. The summed E-state index contributed by atoms with van der Waals surface area (Å²) in [5.41, 5.74) is 1.56. The van der Waals surface area contributed by atoms with Crippen molar-refractivity contribution in [1.82, 2.24) is 9.78 Å². The minimum absolute atomic E-state index is 0.123. The van der Waals surface area contributed by atoms with Crippen molar-refractivity contribution in [2.24, 2.45) is 0 Å². The van der Waals surface area contributed by atoms with Gasteiger partial charge < -0.3 is 10.1 Å². The number of nitrogens with one attached hydrogen (secondary N) is 1. The summed E-state index contributed by atoms with van der Waals surface area (Å²) in [6, 6.07) is 17.0. The Bertz CT molecular complexity index is 922. The molecule has 2 aromatic carbocycles. The first kappa shape index (κ1) is 17.7. The van der Waals surface area contributed by atoms with E-state index in [-0.39, 0.29) is 11.7 Å². The molecule has 0 bridgehead atoms. The van der Waals surface area contributed by atoms with Crippen molar-refractivity contribution in [1.29, 1.82) is 0 Å². The van der Waals surface area contributed by atoms with E-state index < -0.39 is 0 Å². The van der Waals surface area contributed by atoms with Crippen LogP contribution in [0.15, 0.2) is 58.9 Å². The molecule has 1 amide bonds. The van der Waals surface area contributed by atoms with E-state index in [1.807, 2.05) is 42.5 Å². The lowest BCUT2D eigenvalue weighted by Gasteiger charge is -2.09. The van der Waals surface area contributed by atoms with Crippen LogP contribution in [0.2, 0.25) is 0 Å². The van der Waals surface area contributed by atoms with Gasteiger partial charge in [0.25, 0.3) is 0 Å². The number of aromatic nitrogens is 2. The fourth-order valence-electron chi connectivity index (χ4n) is 2.11. The van der Waals surface area contributed by atoms with E-state index in [1.54, 1.807) is 23.9 Å². The number of anilines is 1. The number of hydrogen-bond acceptors (Lipinski definition) is 6. The molecule has 0 radical (unpaired) electrons. The second kappa shape index (κ2) is 8.28. The van der Waals surface area contributed by atoms with Gasteiger partial charge in [-0.15, -0.1) is 5.10 Å². The largest absolute Gasteiger partial charge is 0.495 e. The fourth-order valence-corrected chi connectivity index (χ4v) is 4.27. The normalized spacial score (nSPS) is 10.4. The highest BCUT2D eigenvalue weighted by atomic mass is 32.2. The van der Waals surface area contributed by atoms with Gasteiger partial charge in [-0.2, -0.15) is 0 Å². The van der Waals surface area contributed by atoms with Gasteiger partial charge in [-0.1, -0.05) is 53.4 Å². The maximum atomic E-state index is 12.2. The number of rotatable bonds is 6. The number of methoxy groups -OCH3 is 1. The highest BCUT2D eigenvalue weighted by Crippen LogP contribution is 2.26. The number of amides is 1. The SMILES string of the molecule is COc1ccccc1NC(=O)CSc1nn(-c2ccccc2)c(=S)s1. The molecular formula is C17H15N3O2S3. The Kier molecular flexibility index (Phi) is 5.85. The topological polar surface area (TPSA) is 56.1 Å². The third-order valence-electron chi connectivity index (χ3n) is 3.24. The molecule has 0 aliphatic rings. The van der Waals surface area contributed by atoms with Crippen LogP contribution in [0.3, 0.4) is 0 Å². The Labute approximate surface area is 158 Å². The number of nitrogens with zero attached hydrogens (tertiary/aromatic N) is 2. The molecule has 128 valence electrons. The lowest BCUT2D eigenvalue weighted by molar-refractivity contribution is -0.113. The molecule has 0 saturated carbocycles. The number of carbonyl (C=O) groups excluding carboxylic acids is 1. The predicted octanol–water partition coefficient (Wildman–Crippen LogP) is 4.40. The lowest BCUT2D eigenvalue weighted by Crippen LogP contribution is -2.14. The highest BCUT2D eigenvalue weighted by molar-refractivity contribution is 8.01. The second-order valence-corrected chi connectivity index (χ2v) is 7.76. The Morgan fingerprint density at radius 1 is 1.24 bits per heavy atom. The summed E-state index contributed by atoms with van der Waals surface area (Å²) in [5.74, 6) is 0.751. The van der Waals surface area contributed by atoms with Crippen molar-refractivity contribution in [2.45, 2.75) is 4.34 Å². The number of benzene rings is 2. The quantitative estimate of drug-likeness (QED) is 0.500. The average molecular weight is 390 g/mol. The summed E-state index contributed by atoms with van der Waals surface area (Å²) in [5, 5.41) is 7.33. The summed E-state index contributed by atoms with van der Waals surface area (Å²) >= 11 is 8.11. The van der Waals surface area contributed by atoms with Crippen molar-refractivity contribution < 1.29 is 9.53 Å². The molecule has 0 aliphatic heterocycles. The fraction of sp³-hybridized carbons (Fsp3) is 0.118. The number of carbonyl (C=O) groups is 1. The van der Waals surface area contributed by atoms with Crippen LogP contribution in [0.25, 0.3) is 5.69 Å². The van der Waals surface area contributed by atoms with Gasteiger partial charge in [0, 0.05) is 0 Å². The molecule has 3 rings (SSSR count). The molecule has 0 aliphatic carbocycles. The zero-order valence-electron chi connectivity index (χ0n) is 13.3. The van der Waals surface area contributed by atoms with Gasteiger partial charge in [0.15, 0.2) is 8.29 Å². The van der Waals surface area contributed by atoms with Crippen molar-refractivity contribution in [3.05, 3.63) is 58.6 Å². The molecule has 0 atom stereocenters. The van der Waals surface area contributed by atoms with Crippen molar-refractivity contribution in [3.8, 4) is 11.4 Å². The van der Waals surface area contributed by atoms with Crippen LogP contribution in [0.4, 0.5) is 5.69 Å². The minimum Gasteiger partial charge on any atom is -0.495 e. The van der Waals surface area contributed by atoms with Gasteiger partial charge in [-0.3, -0.25) is 4.79 Å². The standard InChI is InChI=1S/C17H15N3O2S3/c1-22-14-10-6-5-9-13(14)18-15(21)11-24-16-19-20(17(23)25-16)12-7-3-2-4-8-12/h2-10H,11H2,1H3,(H,18,21). The number of para-hydroxylation sites is 3. The van der Waals surface area contributed by atoms with Crippen LogP contribution >= 0.6 is 35.3 Å². The first-order chi connectivity index (χ1) is 12.2. The van der Waals surface area contributed by atoms with Crippen LogP contribution in [0.5, 0.6) is 5.75 Å². The van der Waals surface area contributed by atoms with Crippen LogP contribution in [-0.2, 0) is 4.79 Å². The number of ether oxygens (including phenoxy) is 1. The maximum absolute atomic E-state index is 12.2. The van der Waals surface area contributed by atoms with E-state index in [9.17, 15) is 4.79 Å². The average Bonchev–Trinajstić information content (AvgIpc) is 3.02. The van der Waals surface area contributed by atoms with Gasteiger partial charge in [0.2, 0.25) is 5.91 Å². The monoisotopic (exact) mass is 389 g/mol. The Morgan fingerprint density at radius 2 is 1.96 bits per heavy atom. The molecule has 8 heteroatoms. The third kappa shape index (κ3) is 4.47. The van der Waals surface area contributed by atoms with Crippen LogP contribution in [0.1, 0.15) is 0 Å². The van der Waals surface area contributed by atoms with E-state index >= 15 is 0 Å². The molecule has 1 aromatic heterocycles. The van der Waals surface area contributed by atoms with Crippen molar-refractivity contribution in [3.63, 3.8) is 0 Å². The van der Waals surface area contributed by atoms with Gasteiger partial charge >= 0.3 is 0 Å². The van der Waals surface area contributed by atoms with Crippen molar-refractivity contribution >= 4 is 46.9 Å². The van der Waals surface area contributed by atoms with Gasteiger partial charge in [-0.25, -0.2) is 4.68 Å². The summed E-state index contributed by atoms with van der Waals surface area (Å²) in [6.07, 6.45) is 0. The first-order valence-corrected chi connectivity index (χ1v) is 9.59.